The zero-order valence-corrected chi connectivity index (χ0v) is 15.5. The normalized spacial score (nSPS) is 12.1. The fourth-order valence-corrected chi connectivity index (χ4v) is 2.86. The molecule has 1 aromatic carbocycles. The number of hydrogen-bond donors (Lipinski definition) is 1. The van der Waals surface area contributed by atoms with E-state index in [9.17, 15) is 5.11 Å². The number of rotatable bonds is 9. The second-order valence-corrected chi connectivity index (χ2v) is 6.66. The van der Waals surface area contributed by atoms with Gasteiger partial charge in [0.2, 0.25) is 0 Å². The number of aryl methyl sites for hydroxylation is 1. The van der Waals surface area contributed by atoms with Gasteiger partial charge in [-0.3, -0.25) is 14.9 Å². The number of nitrogens with zero attached hydrogens (tertiary/aromatic N) is 3. The molecule has 0 aliphatic carbocycles. The molecule has 0 saturated heterocycles. The molecule has 0 aliphatic heterocycles. The van der Waals surface area contributed by atoms with E-state index in [1.54, 1.807) is 24.8 Å². The third-order valence-corrected chi connectivity index (χ3v) is 4.24. The first-order valence-corrected chi connectivity index (χ1v) is 9.07. The molecule has 0 fully saturated rings. The minimum atomic E-state index is -0.588. The van der Waals surface area contributed by atoms with Gasteiger partial charge in [0, 0.05) is 44.4 Å². The summed E-state index contributed by atoms with van der Waals surface area (Å²) in [4.78, 5) is 10.3. The lowest BCUT2D eigenvalue weighted by Crippen LogP contribution is -2.35. The molecule has 2 aromatic heterocycles. The van der Waals surface area contributed by atoms with Crippen LogP contribution in [0.4, 0.5) is 0 Å². The van der Waals surface area contributed by atoms with Crippen LogP contribution < -0.4 is 4.74 Å². The highest BCUT2D eigenvalue weighted by Crippen LogP contribution is 2.13. The number of aromatic nitrogens is 2. The van der Waals surface area contributed by atoms with Crippen LogP contribution in [0.5, 0.6) is 5.75 Å². The van der Waals surface area contributed by atoms with E-state index in [0.29, 0.717) is 6.54 Å². The molecule has 2 heterocycles. The van der Waals surface area contributed by atoms with Crippen LogP contribution in [0.15, 0.2) is 73.3 Å². The van der Waals surface area contributed by atoms with Crippen LogP contribution in [0, 0.1) is 6.92 Å². The lowest BCUT2D eigenvalue weighted by Gasteiger charge is -2.25. The second-order valence-electron chi connectivity index (χ2n) is 6.66. The molecule has 3 rings (SSSR count). The Morgan fingerprint density at radius 1 is 0.852 bits per heavy atom. The van der Waals surface area contributed by atoms with E-state index in [-0.39, 0.29) is 6.61 Å². The molecule has 0 radical (unpaired) electrons. The van der Waals surface area contributed by atoms with E-state index in [1.165, 1.54) is 5.56 Å². The number of aliphatic hydroxyl groups is 1. The maximum absolute atomic E-state index is 10.5. The Kier molecular flexibility index (Phi) is 6.90. The van der Waals surface area contributed by atoms with E-state index in [1.807, 2.05) is 55.5 Å². The van der Waals surface area contributed by atoms with E-state index >= 15 is 0 Å². The summed E-state index contributed by atoms with van der Waals surface area (Å²) in [6.07, 6.45) is 6.57. The monoisotopic (exact) mass is 363 g/mol. The van der Waals surface area contributed by atoms with Crippen molar-refractivity contribution in [3.63, 3.8) is 0 Å². The SMILES string of the molecule is Cc1ccc(OCC(O)CN(Cc2ccncc2)Cc2ccncc2)cc1. The van der Waals surface area contributed by atoms with Gasteiger partial charge in [0.25, 0.3) is 0 Å². The predicted octanol–water partition coefficient (Wildman–Crippen LogP) is 3.23. The smallest absolute Gasteiger partial charge is 0.119 e. The molecule has 0 bridgehead atoms. The number of benzene rings is 1. The van der Waals surface area contributed by atoms with E-state index in [4.69, 9.17) is 4.74 Å². The lowest BCUT2D eigenvalue weighted by atomic mass is 10.2. The van der Waals surface area contributed by atoms with Crippen molar-refractivity contribution in [2.75, 3.05) is 13.2 Å². The topological polar surface area (TPSA) is 58.5 Å². The molecule has 1 unspecified atom stereocenters. The summed E-state index contributed by atoms with van der Waals surface area (Å²) in [5.74, 6) is 0.773. The van der Waals surface area contributed by atoms with Crippen molar-refractivity contribution in [2.24, 2.45) is 0 Å². The minimum absolute atomic E-state index is 0.256. The average molecular weight is 363 g/mol. The van der Waals surface area contributed by atoms with E-state index < -0.39 is 6.10 Å². The van der Waals surface area contributed by atoms with Crippen molar-refractivity contribution in [1.82, 2.24) is 14.9 Å². The molecule has 0 aliphatic rings. The van der Waals surface area contributed by atoms with Crippen molar-refractivity contribution in [3.05, 3.63) is 90.0 Å². The van der Waals surface area contributed by atoms with Crippen LogP contribution in [0.25, 0.3) is 0 Å². The van der Waals surface area contributed by atoms with Crippen molar-refractivity contribution in [3.8, 4) is 5.75 Å². The summed E-state index contributed by atoms with van der Waals surface area (Å²) in [5, 5.41) is 10.5. The minimum Gasteiger partial charge on any atom is -0.491 e. The van der Waals surface area contributed by atoms with Gasteiger partial charge >= 0.3 is 0 Å². The second kappa shape index (κ2) is 9.80. The highest BCUT2D eigenvalue weighted by atomic mass is 16.5. The van der Waals surface area contributed by atoms with Gasteiger partial charge in [-0.15, -0.1) is 0 Å². The van der Waals surface area contributed by atoms with Crippen molar-refractivity contribution < 1.29 is 9.84 Å². The van der Waals surface area contributed by atoms with Gasteiger partial charge in [-0.1, -0.05) is 17.7 Å². The summed E-state index contributed by atoms with van der Waals surface area (Å²) >= 11 is 0. The molecular formula is C22H25N3O2. The van der Waals surface area contributed by atoms with E-state index in [2.05, 4.69) is 14.9 Å². The highest BCUT2D eigenvalue weighted by Gasteiger charge is 2.14. The van der Waals surface area contributed by atoms with Gasteiger partial charge in [0.05, 0.1) is 0 Å². The molecule has 1 atom stereocenters. The Morgan fingerprint density at radius 2 is 1.37 bits per heavy atom. The quantitative estimate of drug-likeness (QED) is 0.632. The molecule has 0 amide bonds. The molecule has 5 nitrogen and oxygen atoms in total. The van der Waals surface area contributed by atoms with Crippen molar-refractivity contribution >= 4 is 0 Å². The fourth-order valence-electron chi connectivity index (χ4n) is 2.86. The standard InChI is InChI=1S/C22H25N3O2/c1-18-2-4-22(5-3-18)27-17-21(26)16-25(14-19-6-10-23-11-7-19)15-20-8-12-24-13-9-20/h2-13,21,26H,14-17H2,1H3. The van der Waals surface area contributed by atoms with Crippen LogP contribution in [0.1, 0.15) is 16.7 Å². The Bertz CT molecular complexity index is 753. The molecule has 1 N–H and O–H groups in total. The Labute approximate surface area is 160 Å². The molecule has 27 heavy (non-hydrogen) atoms. The Hall–Kier alpha value is -2.76. The fraction of sp³-hybridized carbons (Fsp3) is 0.273. The predicted molar refractivity (Wildman–Crippen MR) is 105 cm³/mol. The largest absolute Gasteiger partial charge is 0.491 e. The van der Waals surface area contributed by atoms with Crippen LogP contribution in [0.2, 0.25) is 0 Å². The number of pyridine rings is 2. The average Bonchev–Trinajstić information content (AvgIpc) is 2.69. The zero-order chi connectivity index (χ0) is 18.9. The summed E-state index contributed by atoms with van der Waals surface area (Å²) < 4.78 is 5.73. The summed E-state index contributed by atoms with van der Waals surface area (Å²) in [6.45, 7) is 4.26. The third kappa shape index (κ3) is 6.47. The first-order chi connectivity index (χ1) is 13.2. The van der Waals surface area contributed by atoms with Crippen LogP contribution in [0.3, 0.4) is 0 Å². The van der Waals surface area contributed by atoms with Gasteiger partial charge in [-0.05, 0) is 54.4 Å². The van der Waals surface area contributed by atoms with Gasteiger partial charge in [0.15, 0.2) is 0 Å². The summed E-state index contributed by atoms with van der Waals surface area (Å²) in [7, 11) is 0. The van der Waals surface area contributed by atoms with Crippen LogP contribution in [-0.4, -0.2) is 39.2 Å². The first kappa shape index (κ1) is 19.0. The molecule has 3 aromatic rings. The van der Waals surface area contributed by atoms with Gasteiger partial charge < -0.3 is 9.84 Å². The maximum atomic E-state index is 10.5. The molecule has 0 saturated carbocycles. The molecule has 140 valence electrons. The molecule has 0 spiro atoms. The molecular weight excluding hydrogens is 338 g/mol. The highest BCUT2D eigenvalue weighted by molar-refractivity contribution is 5.26. The zero-order valence-electron chi connectivity index (χ0n) is 15.5. The number of ether oxygens (including phenoxy) is 1. The van der Waals surface area contributed by atoms with Gasteiger partial charge in [-0.25, -0.2) is 0 Å². The third-order valence-electron chi connectivity index (χ3n) is 4.24. The van der Waals surface area contributed by atoms with Crippen LogP contribution >= 0.6 is 0 Å². The van der Waals surface area contributed by atoms with E-state index in [0.717, 1.165) is 30.0 Å². The first-order valence-electron chi connectivity index (χ1n) is 9.07. The van der Waals surface area contributed by atoms with Crippen molar-refractivity contribution in [1.29, 1.82) is 0 Å². The Balaban J connectivity index is 1.59. The maximum Gasteiger partial charge on any atom is 0.119 e. The number of hydrogen-bond acceptors (Lipinski definition) is 5. The van der Waals surface area contributed by atoms with Crippen LogP contribution in [-0.2, 0) is 13.1 Å². The Morgan fingerprint density at radius 3 is 1.89 bits per heavy atom. The summed E-state index contributed by atoms with van der Waals surface area (Å²) in [6, 6.07) is 15.8. The van der Waals surface area contributed by atoms with Gasteiger partial charge in [-0.2, -0.15) is 0 Å². The summed E-state index contributed by atoms with van der Waals surface area (Å²) in [5.41, 5.74) is 3.50. The lowest BCUT2D eigenvalue weighted by molar-refractivity contribution is 0.0628. The van der Waals surface area contributed by atoms with Gasteiger partial charge in [0.1, 0.15) is 18.5 Å². The number of aliphatic hydroxyl groups excluding tert-OH is 1. The van der Waals surface area contributed by atoms with Crippen molar-refractivity contribution in [2.45, 2.75) is 26.1 Å². The molecule has 5 heteroatoms.